The van der Waals surface area contributed by atoms with Crippen molar-refractivity contribution in [1.29, 1.82) is 0 Å². The minimum absolute atomic E-state index is 0.491. The molecule has 20 heavy (non-hydrogen) atoms. The highest BCUT2D eigenvalue weighted by Gasteiger charge is 2.24. The molecule has 1 N–H and O–H groups in total. The molecule has 0 amide bonds. The molecule has 0 spiro atoms. The van der Waals surface area contributed by atoms with Crippen molar-refractivity contribution in [3.05, 3.63) is 68.7 Å². The number of rotatable bonds is 4. The molecule has 0 bridgehead atoms. The summed E-state index contributed by atoms with van der Waals surface area (Å²) in [5, 5.41) is 11.4. The van der Waals surface area contributed by atoms with E-state index in [1.54, 1.807) is 0 Å². The zero-order valence-electron chi connectivity index (χ0n) is 11.7. The predicted octanol–water partition coefficient (Wildman–Crippen LogP) is 5.12. The molecule has 0 aliphatic heterocycles. The molecule has 2 aromatic carbocycles. The minimum atomic E-state index is -0.927. The monoisotopic (exact) mass is 352 g/mol. The van der Waals surface area contributed by atoms with Crippen molar-refractivity contribution in [1.82, 2.24) is 0 Å². The maximum atomic E-state index is 10.7. The van der Waals surface area contributed by atoms with Crippen LogP contribution in [0.3, 0.4) is 0 Å². The summed E-state index contributed by atoms with van der Waals surface area (Å²) >= 11 is 9.62. The molecule has 0 radical (unpaired) electrons. The first-order chi connectivity index (χ1) is 9.42. The molecule has 0 heterocycles. The Morgan fingerprint density at radius 2 is 1.80 bits per heavy atom. The van der Waals surface area contributed by atoms with Gasteiger partial charge in [0.2, 0.25) is 0 Å². The van der Waals surface area contributed by atoms with Gasteiger partial charge in [-0.3, -0.25) is 0 Å². The summed E-state index contributed by atoms with van der Waals surface area (Å²) in [4.78, 5) is 0. The van der Waals surface area contributed by atoms with Crippen molar-refractivity contribution < 1.29 is 5.11 Å². The highest BCUT2D eigenvalue weighted by molar-refractivity contribution is 9.10. The van der Waals surface area contributed by atoms with E-state index in [1.807, 2.05) is 37.3 Å². The molecule has 0 aliphatic carbocycles. The fraction of sp³-hybridized carbons (Fsp3) is 0.294. The van der Waals surface area contributed by atoms with Crippen molar-refractivity contribution in [2.24, 2.45) is 0 Å². The fourth-order valence-corrected chi connectivity index (χ4v) is 2.98. The maximum Gasteiger partial charge on any atom is 0.0909 e. The molecule has 106 valence electrons. The molecule has 1 atom stereocenters. The molecular formula is C17H18BrClO. The van der Waals surface area contributed by atoms with Crippen LogP contribution in [-0.4, -0.2) is 5.11 Å². The Balaban J connectivity index is 2.25. The third-order valence-electron chi connectivity index (χ3n) is 3.53. The second kappa shape index (κ2) is 6.30. The molecule has 0 aliphatic rings. The lowest BCUT2D eigenvalue weighted by Crippen LogP contribution is -2.24. The van der Waals surface area contributed by atoms with E-state index in [-0.39, 0.29) is 0 Å². The smallest absolute Gasteiger partial charge is 0.0909 e. The quantitative estimate of drug-likeness (QED) is 0.809. The zero-order chi connectivity index (χ0) is 14.8. The van der Waals surface area contributed by atoms with E-state index in [1.165, 1.54) is 5.56 Å². The van der Waals surface area contributed by atoms with Crippen molar-refractivity contribution >= 4 is 27.5 Å². The normalized spacial score (nSPS) is 14.1. The maximum absolute atomic E-state index is 10.7. The summed E-state index contributed by atoms with van der Waals surface area (Å²) in [5.41, 5.74) is 2.20. The van der Waals surface area contributed by atoms with Crippen molar-refractivity contribution in [3.63, 3.8) is 0 Å². The number of hydrogen-bond acceptors (Lipinski definition) is 1. The molecular weight excluding hydrogens is 336 g/mol. The third kappa shape index (κ3) is 3.63. The Labute approximate surface area is 133 Å². The fourth-order valence-electron chi connectivity index (χ4n) is 2.24. The van der Waals surface area contributed by atoms with Crippen LogP contribution < -0.4 is 0 Å². The van der Waals surface area contributed by atoms with Gasteiger partial charge < -0.3 is 5.11 Å². The molecule has 0 saturated heterocycles. The SMILES string of the molecule is CCc1ccc(C(C)(O)Cc2ccc(Br)cc2Cl)cc1. The van der Waals surface area contributed by atoms with Crippen LogP contribution in [0.2, 0.25) is 5.02 Å². The van der Waals surface area contributed by atoms with Gasteiger partial charge in [0.05, 0.1) is 5.60 Å². The van der Waals surface area contributed by atoms with Crippen LogP contribution in [0.15, 0.2) is 46.9 Å². The lowest BCUT2D eigenvalue weighted by atomic mass is 9.88. The molecule has 2 rings (SSSR count). The highest BCUT2D eigenvalue weighted by Crippen LogP contribution is 2.30. The minimum Gasteiger partial charge on any atom is -0.385 e. The molecule has 0 aromatic heterocycles. The lowest BCUT2D eigenvalue weighted by Gasteiger charge is -2.25. The van der Waals surface area contributed by atoms with Crippen LogP contribution in [0.5, 0.6) is 0 Å². The van der Waals surface area contributed by atoms with E-state index in [0.717, 1.165) is 22.0 Å². The van der Waals surface area contributed by atoms with E-state index in [4.69, 9.17) is 11.6 Å². The summed E-state index contributed by atoms with van der Waals surface area (Å²) in [6, 6.07) is 13.9. The van der Waals surface area contributed by atoms with E-state index in [0.29, 0.717) is 11.4 Å². The predicted molar refractivity (Wildman–Crippen MR) is 88.2 cm³/mol. The van der Waals surface area contributed by atoms with Crippen molar-refractivity contribution in [2.75, 3.05) is 0 Å². The summed E-state index contributed by atoms with van der Waals surface area (Å²) in [7, 11) is 0. The second-order valence-electron chi connectivity index (χ2n) is 5.24. The van der Waals surface area contributed by atoms with Gasteiger partial charge >= 0.3 is 0 Å². The van der Waals surface area contributed by atoms with Crippen molar-refractivity contribution in [2.45, 2.75) is 32.3 Å². The van der Waals surface area contributed by atoms with E-state index in [2.05, 4.69) is 35.0 Å². The average molecular weight is 354 g/mol. The Morgan fingerprint density at radius 3 is 2.35 bits per heavy atom. The largest absolute Gasteiger partial charge is 0.385 e. The molecule has 1 unspecified atom stereocenters. The standard InChI is InChI=1S/C17H18BrClO/c1-3-12-4-7-14(8-5-12)17(2,20)11-13-6-9-15(18)10-16(13)19/h4-10,20H,3,11H2,1-2H3. The van der Waals surface area contributed by atoms with Crippen LogP contribution in [0.4, 0.5) is 0 Å². The van der Waals surface area contributed by atoms with Gasteiger partial charge in [-0.15, -0.1) is 0 Å². The van der Waals surface area contributed by atoms with Crippen molar-refractivity contribution in [3.8, 4) is 0 Å². The lowest BCUT2D eigenvalue weighted by molar-refractivity contribution is 0.0576. The number of halogens is 2. The van der Waals surface area contributed by atoms with Gasteiger partial charge in [0, 0.05) is 15.9 Å². The molecule has 0 fully saturated rings. The first-order valence-electron chi connectivity index (χ1n) is 6.68. The molecule has 0 saturated carbocycles. The Kier molecular flexibility index (Phi) is 4.90. The summed E-state index contributed by atoms with van der Waals surface area (Å²) in [5.74, 6) is 0. The number of aliphatic hydroxyl groups is 1. The van der Waals surface area contributed by atoms with Crippen LogP contribution in [0, 0.1) is 0 Å². The van der Waals surface area contributed by atoms with E-state index >= 15 is 0 Å². The highest BCUT2D eigenvalue weighted by atomic mass is 79.9. The van der Waals surface area contributed by atoms with Crippen LogP contribution in [-0.2, 0) is 18.4 Å². The van der Waals surface area contributed by atoms with Crippen LogP contribution in [0.25, 0.3) is 0 Å². The summed E-state index contributed by atoms with van der Waals surface area (Å²) in [6.45, 7) is 3.95. The first kappa shape index (κ1) is 15.6. The van der Waals surface area contributed by atoms with Gasteiger partial charge in [-0.2, -0.15) is 0 Å². The Bertz CT molecular complexity index is 590. The number of benzene rings is 2. The molecule has 1 nitrogen and oxygen atoms in total. The van der Waals surface area contributed by atoms with Gasteiger partial charge in [-0.25, -0.2) is 0 Å². The average Bonchev–Trinajstić information content (AvgIpc) is 2.42. The second-order valence-corrected chi connectivity index (χ2v) is 6.56. The van der Waals surface area contributed by atoms with E-state index in [9.17, 15) is 5.11 Å². The molecule has 2 aromatic rings. The van der Waals surface area contributed by atoms with Gasteiger partial charge in [-0.1, -0.05) is 64.8 Å². The zero-order valence-corrected chi connectivity index (χ0v) is 14.0. The number of aryl methyl sites for hydroxylation is 1. The molecule has 3 heteroatoms. The van der Waals surface area contributed by atoms with Gasteiger partial charge in [0.1, 0.15) is 0 Å². The topological polar surface area (TPSA) is 20.2 Å². The number of hydrogen-bond donors (Lipinski definition) is 1. The van der Waals surface area contributed by atoms with Gasteiger partial charge in [-0.05, 0) is 42.2 Å². The van der Waals surface area contributed by atoms with Gasteiger partial charge in [0.15, 0.2) is 0 Å². The van der Waals surface area contributed by atoms with Crippen LogP contribution in [0.1, 0.15) is 30.5 Å². The van der Waals surface area contributed by atoms with E-state index < -0.39 is 5.60 Å². The van der Waals surface area contributed by atoms with Crippen LogP contribution >= 0.6 is 27.5 Å². The summed E-state index contributed by atoms with van der Waals surface area (Å²) in [6.07, 6.45) is 1.49. The van der Waals surface area contributed by atoms with Gasteiger partial charge in [0.25, 0.3) is 0 Å². The summed E-state index contributed by atoms with van der Waals surface area (Å²) < 4.78 is 0.943. The Morgan fingerprint density at radius 1 is 1.15 bits per heavy atom. The third-order valence-corrected chi connectivity index (χ3v) is 4.38. The Hall–Kier alpha value is -0.830. The first-order valence-corrected chi connectivity index (χ1v) is 7.85.